The number of anilines is 2. The topological polar surface area (TPSA) is 51.4 Å². The molecule has 0 unspecified atom stereocenters. The van der Waals surface area contributed by atoms with Crippen molar-refractivity contribution in [3.8, 4) is 0 Å². The van der Waals surface area contributed by atoms with E-state index >= 15 is 0 Å². The van der Waals surface area contributed by atoms with Gasteiger partial charge in [0, 0.05) is 25.8 Å². The standard InChI is InChI=1S/C11H19N3OS/c1-3-14(6-7-15-2)11-9(8-4-5-8)10(12)13-16-11/h8H,3-7H2,1-2H3,(H2,12,13). The third-order valence-corrected chi connectivity index (χ3v) is 3.90. The molecule has 2 rings (SSSR count). The maximum absolute atomic E-state index is 5.94. The third kappa shape index (κ3) is 2.30. The maximum atomic E-state index is 5.94. The Labute approximate surface area is 101 Å². The molecule has 5 heteroatoms. The third-order valence-electron chi connectivity index (χ3n) is 2.96. The summed E-state index contributed by atoms with van der Waals surface area (Å²) in [6.45, 7) is 4.79. The molecule has 16 heavy (non-hydrogen) atoms. The Morgan fingerprint density at radius 2 is 2.31 bits per heavy atom. The molecule has 1 saturated carbocycles. The van der Waals surface area contributed by atoms with Crippen molar-refractivity contribution in [2.45, 2.75) is 25.7 Å². The summed E-state index contributed by atoms with van der Waals surface area (Å²) in [5, 5.41) is 1.25. The molecule has 0 spiro atoms. The number of methoxy groups -OCH3 is 1. The van der Waals surface area contributed by atoms with Crippen LogP contribution in [0, 0.1) is 0 Å². The summed E-state index contributed by atoms with van der Waals surface area (Å²) >= 11 is 1.52. The second-order valence-electron chi connectivity index (χ2n) is 4.13. The largest absolute Gasteiger partial charge is 0.383 e. The first-order valence-electron chi connectivity index (χ1n) is 5.76. The van der Waals surface area contributed by atoms with Crippen LogP contribution in [0.25, 0.3) is 0 Å². The van der Waals surface area contributed by atoms with Crippen LogP contribution in [-0.2, 0) is 4.74 Å². The van der Waals surface area contributed by atoms with E-state index in [9.17, 15) is 0 Å². The van der Waals surface area contributed by atoms with Crippen LogP contribution in [0.4, 0.5) is 10.8 Å². The maximum Gasteiger partial charge on any atom is 0.142 e. The van der Waals surface area contributed by atoms with Gasteiger partial charge in [0.25, 0.3) is 0 Å². The van der Waals surface area contributed by atoms with Gasteiger partial charge in [0.1, 0.15) is 10.8 Å². The Balaban J connectivity index is 2.16. The highest BCUT2D eigenvalue weighted by Crippen LogP contribution is 2.48. The number of ether oxygens (including phenoxy) is 1. The van der Waals surface area contributed by atoms with Gasteiger partial charge in [0.2, 0.25) is 0 Å². The molecule has 1 heterocycles. The molecule has 2 N–H and O–H groups in total. The Kier molecular flexibility index (Phi) is 3.66. The van der Waals surface area contributed by atoms with Crippen LogP contribution in [-0.4, -0.2) is 31.2 Å². The zero-order valence-electron chi connectivity index (χ0n) is 9.90. The Morgan fingerprint density at radius 3 is 2.88 bits per heavy atom. The van der Waals surface area contributed by atoms with Crippen LogP contribution in [0.3, 0.4) is 0 Å². The summed E-state index contributed by atoms with van der Waals surface area (Å²) in [6, 6.07) is 0. The fourth-order valence-electron chi connectivity index (χ4n) is 1.89. The van der Waals surface area contributed by atoms with Gasteiger partial charge in [-0.1, -0.05) is 0 Å². The molecule has 1 aliphatic rings. The van der Waals surface area contributed by atoms with Crippen molar-refractivity contribution in [3.63, 3.8) is 0 Å². The molecule has 1 fully saturated rings. The molecule has 0 saturated heterocycles. The highest BCUT2D eigenvalue weighted by atomic mass is 32.1. The molecule has 4 nitrogen and oxygen atoms in total. The van der Waals surface area contributed by atoms with Gasteiger partial charge in [0.05, 0.1) is 6.61 Å². The van der Waals surface area contributed by atoms with Crippen molar-refractivity contribution in [3.05, 3.63) is 5.56 Å². The first-order valence-corrected chi connectivity index (χ1v) is 6.54. The summed E-state index contributed by atoms with van der Waals surface area (Å²) < 4.78 is 9.42. The highest BCUT2D eigenvalue weighted by molar-refractivity contribution is 7.10. The van der Waals surface area contributed by atoms with Gasteiger partial charge in [-0.2, -0.15) is 4.37 Å². The summed E-state index contributed by atoms with van der Waals surface area (Å²) in [5.74, 6) is 1.39. The first kappa shape index (κ1) is 11.7. The quantitative estimate of drug-likeness (QED) is 0.828. The number of hydrogen-bond acceptors (Lipinski definition) is 5. The van der Waals surface area contributed by atoms with Gasteiger partial charge in [-0.15, -0.1) is 0 Å². The predicted octanol–water partition coefficient (Wildman–Crippen LogP) is 2.08. The van der Waals surface area contributed by atoms with Gasteiger partial charge in [-0.3, -0.25) is 0 Å². The zero-order valence-corrected chi connectivity index (χ0v) is 10.7. The van der Waals surface area contributed by atoms with E-state index < -0.39 is 0 Å². The van der Waals surface area contributed by atoms with E-state index in [1.165, 1.54) is 34.9 Å². The minimum Gasteiger partial charge on any atom is -0.383 e. The summed E-state index contributed by atoms with van der Waals surface area (Å²) in [7, 11) is 1.73. The van der Waals surface area contributed by atoms with E-state index in [0.717, 1.165) is 25.5 Å². The van der Waals surface area contributed by atoms with E-state index in [4.69, 9.17) is 10.5 Å². The second-order valence-corrected chi connectivity index (χ2v) is 4.89. The average molecular weight is 241 g/mol. The fourth-order valence-corrected chi connectivity index (χ4v) is 2.88. The van der Waals surface area contributed by atoms with Crippen molar-refractivity contribution in [1.29, 1.82) is 0 Å². The number of rotatable bonds is 6. The Hall–Kier alpha value is -0.810. The molecule has 0 aliphatic heterocycles. The molecule has 0 aromatic carbocycles. The van der Waals surface area contributed by atoms with Crippen LogP contribution in [0.1, 0.15) is 31.2 Å². The lowest BCUT2D eigenvalue weighted by molar-refractivity contribution is 0.205. The average Bonchev–Trinajstić information content (AvgIpc) is 3.05. The Bertz CT molecular complexity index is 349. The van der Waals surface area contributed by atoms with Crippen molar-refractivity contribution < 1.29 is 4.74 Å². The van der Waals surface area contributed by atoms with Crippen molar-refractivity contribution in [2.24, 2.45) is 0 Å². The first-order chi connectivity index (χ1) is 7.77. The SMILES string of the molecule is CCN(CCOC)c1snc(N)c1C1CC1. The normalized spacial score (nSPS) is 15.4. The molecule has 0 amide bonds. The molecule has 1 aromatic rings. The number of nitrogens with two attached hydrogens (primary N) is 1. The second kappa shape index (κ2) is 5.01. The molecule has 1 aliphatic carbocycles. The molecule has 90 valence electrons. The summed E-state index contributed by atoms with van der Waals surface area (Å²) in [4.78, 5) is 2.31. The number of aromatic nitrogens is 1. The van der Waals surface area contributed by atoms with Gasteiger partial charge in [-0.05, 0) is 37.2 Å². The van der Waals surface area contributed by atoms with Crippen LogP contribution >= 0.6 is 11.5 Å². The monoisotopic (exact) mass is 241 g/mol. The molecular formula is C11H19N3OS. The smallest absolute Gasteiger partial charge is 0.142 e. The number of nitrogen functional groups attached to an aromatic ring is 1. The molecule has 0 radical (unpaired) electrons. The zero-order chi connectivity index (χ0) is 11.5. The van der Waals surface area contributed by atoms with Gasteiger partial charge < -0.3 is 15.4 Å². The minimum absolute atomic E-state index is 0.658. The van der Waals surface area contributed by atoms with E-state index in [0.29, 0.717) is 5.92 Å². The van der Waals surface area contributed by atoms with Crippen LogP contribution in [0.2, 0.25) is 0 Å². The summed E-state index contributed by atoms with van der Waals surface area (Å²) in [5.41, 5.74) is 7.23. The lowest BCUT2D eigenvalue weighted by Gasteiger charge is -2.21. The highest BCUT2D eigenvalue weighted by Gasteiger charge is 2.31. The molecular weight excluding hydrogens is 222 g/mol. The minimum atomic E-state index is 0.658. The molecule has 0 bridgehead atoms. The number of nitrogens with zero attached hydrogens (tertiary/aromatic N) is 2. The fraction of sp³-hybridized carbons (Fsp3) is 0.727. The van der Waals surface area contributed by atoms with Crippen molar-refractivity contribution in [1.82, 2.24) is 4.37 Å². The van der Waals surface area contributed by atoms with Gasteiger partial charge in [0.15, 0.2) is 0 Å². The van der Waals surface area contributed by atoms with E-state index in [1.54, 1.807) is 7.11 Å². The van der Waals surface area contributed by atoms with E-state index in [2.05, 4.69) is 16.2 Å². The predicted molar refractivity (Wildman–Crippen MR) is 68.3 cm³/mol. The van der Waals surface area contributed by atoms with Crippen LogP contribution < -0.4 is 10.6 Å². The molecule has 1 aromatic heterocycles. The van der Waals surface area contributed by atoms with Gasteiger partial charge in [-0.25, -0.2) is 0 Å². The van der Waals surface area contributed by atoms with Crippen molar-refractivity contribution >= 4 is 22.4 Å². The number of hydrogen-bond donors (Lipinski definition) is 1. The van der Waals surface area contributed by atoms with Crippen LogP contribution in [0.5, 0.6) is 0 Å². The van der Waals surface area contributed by atoms with Gasteiger partial charge >= 0.3 is 0 Å². The van der Waals surface area contributed by atoms with Crippen molar-refractivity contribution in [2.75, 3.05) is 37.4 Å². The molecule has 0 atom stereocenters. The lowest BCUT2D eigenvalue weighted by atomic mass is 10.2. The lowest BCUT2D eigenvalue weighted by Crippen LogP contribution is -2.26. The van der Waals surface area contributed by atoms with E-state index in [-0.39, 0.29) is 0 Å². The summed E-state index contributed by atoms with van der Waals surface area (Å²) in [6.07, 6.45) is 2.52. The Morgan fingerprint density at radius 1 is 1.56 bits per heavy atom. The van der Waals surface area contributed by atoms with Crippen LogP contribution in [0.15, 0.2) is 0 Å². The van der Waals surface area contributed by atoms with E-state index in [1.807, 2.05) is 0 Å². The number of likely N-dealkylation sites (N-methyl/N-ethyl adjacent to an activating group) is 1.